The second kappa shape index (κ2) is 3.04. The van der Waals surface area contributed by atoms with Crippen molar-refractivity contribution in [2.45, 2.75) is 0 Å². The first-order valence-electron chi connectivity index (χ1n) is 2.73. The van der Waals surface area contributed by atoms with Crippen LogP contribution < -0.4 is 0 Å². The van der Waals surface area contributed by atoms with Crippen LogP contribution in [0.5, 0.6) is 5.75 Å². The van der Waals surface area contributed by atoms with Crippen molar-refractivity contribution in [1.29, 1.82) is 0 Å². The Morgan fingerprint density at radius 1 is 1.45 bits per heavy atom. The van der Waals surface area contributed by atoms with Crippen molar-refractivity contribution in [3.63, 3.8) is 0 Å². The predicted octanol–water partition coefficient (Wildman–Crippen LogP) is 1.90. The molecule has 0 atom stereocenters. The molecule has 0 aliphatic heterocycles. The van der Waals surface area contributed by atoms with E-state index in [-0.39, 0.29) is 11.4 Å². The Kier molecular flexibility index (Phi) is 2.28. The van der Waals surface area contributed by atoms with Crippen molar-refractivity contribution in [2.24, 2.45) is 0 Å². The van der Waals surface area contributed by atoms with Gasteiger partial charge in [-0.25, -0.2) is 0 Å². The van der Waals surface area contributed by atoms with Crippen LogP contribution in [0.3, 0.4) is 0 Å². The molecule has 1 aromatic rings. The SMILES string of the molecule is O=[N+]([O-])c1cc(O)cc(I)c1. The first-order chi connectivity index (χ1) is 5.09. The van der Waals surface area contributed by atoms with Crippen LogP contribution in [-0.2, 0) is 0 Å². The molecule has 0 heterocycles. The summed E-state index contributed by atoms with van der Waals surface area (Å²) < 4.78 is 0.648. The molecule has 5 heteroatoms. The van der Waals surface area contributed by atoms with E-state index in [9.17, 15) is 10.1 Å². The molecule has 0 fully saturated rings. The van der Waals surface area contributed by atoms with Crippen molar-refractivity contribution in [1.82, 2.24) is 0 Å². The fraction of sp³-hybridized carbons (Fsp3) is 0. The van der Waals surface area contributed by atoms with Crippen LogP contribution in [0.15, 0.2) is 18.2 Å². The summed E-state index contributed by atoms with van der Waals surface area (Å²) in [5, 5.41) is 19.1. The Bertz CT molecular complexity index is 280. The van der Waals surface area contributed by atoms with Crippen molar-refractivity contribution >= 4 is 28.3 Å². The molecule has 11 heavy (non-hydrogen) atoms. The molecule has 0 aromatic heterocycles. The van der Waals surface area contributed by atoms with Crippen molar-refractivity contribution in [3.05, 3.63) is 31.9 Å². The van der Waals surface area contributed by atoms with Gasteiger partial charge in [-0.05, 0) is 28.7 Å². The molecule has 0 saturated heterocycles. The molecule has 4 nitrogen and oxygen atoms in total. The van der Waals surface area contributed by atoms with Gasteiger partial charge in [0.2, 0.25) is 0 Å². The number of phenols is 1. The molecule has 0 spiro atoms. The summed E-state index contributed by atoms with van der Waals surface area (Å²) in [4.78, 5) is 9.66. The number of non-ortho nitro benzene ring substituents is 1. The third kappa shape index (κ3) is 2.04. The van der Waals surface area contributed by atoms with Gasteiger partial charge in [0.15, 0.2) is 0 Å². The topological polar surface area (TPSA) is 63.4 Å². The van der Waals surface area contributed by atoms with Crippen LogP contribution in [0.25, 0.3) is 0 Å². The highest BCUT2D eigenvalue weighted by atomic mass is 127. The van der Waals surface area contributed by atoms with Crippen LogP contribution in [0, 0.1) is 13.7 Å². The van der Waals surface area contributed by atoms with Crippen LogP contribution in [0.1, 0.15) is 0 Å². The zero-order valence-electron chi connectivity index (χ0n) is 5.32. The average Bonchev–Trinajstić information content (AvgIpc) is 1.85. The first kappa shape index (κ1) is 8.25. The lowest BCUT2D eigenvalue weighted by atomic mass is 10.3. The minimum atomic E-state index is -0.540. The fourth-order valence-corrected chi connectivity index (χ4v) is 1.30. The van der Waals surface area contributed by atoms with E-state index in [0.29, 0.717) is 3.57 Å². The maximum absolute atomic E-state index is 10.2. The number of nitrogens with zero attached hydrogens (tertiary/aromatic N) is 1. The molecule has 1 N–H and O–H groups in total. The Labute approximate surface area is 76.1 Å². The summed E-state index contributed by atoms with van der Waals surface area (Å²) >= 11 is 1.90. The fourth-order valence-electron chi connectivity index (χ4n) is 0.664. The van der Waals surface area contributed by atoms with Gasteiger partial charge >= 0.3 is 0 Å². The van der Waals surface area contributed by atoms with Crippen LogP contribution in [-0.4, -0.2) is 10.0 Å². The van der Waals surface area contributed by atoms with Crippen molar-refractivity contribution < 1.29 is 10.0 Å². The summed E-state index contributed by atoms with van der Waals surface area (Å²) in [5.41, 5.74) is -0.0885. The van der Waals surface area contributed by atoms with Gasteiger partial charge < -0.3 is 5.11 Å². The maximum Gasteiger partial charge on any atom is 0.274 e. The summed E-state index contributed by atoms with van der Waals surface area (Å²) in [6.07, 6.45) is 0. The van der Waals surface area contributed by atoms with Crippen LogP contribution in [0.4, 0.5) is 5.69 Å². The molecule has 0 radical (unpaired) electrons. The lowest BCUT2D eigenvalue weighted by Gasteiger charge is -1.93. The average molecular weight is 265 g/mol. The lowest BCUT2D eigenvalue weighted by Crippen LogP contribution is -1.87. The molecule has 58 valence electrons. The van der Waals surface area contributed by atoms with E-state index in [4.69, 9.17) is 5.11 Å². The number of halogens is 1. The number of phenolic OH excluding ortho intramolecular Hbond substituents is 1. The number of rotatable bonds is 1. The summed E-state index contributed by atoms with van der Waals surface area (Å²) in [6.45, 7) is 0. The van der Waals surface area contributed by atoms with E-state index < -0.39 is 4.92 Å². The highest BCUT2D eigenvalue weighted by Crippen LogP contribution is 2.22. The van der Waals surface area contributed by atoms with Gasteiger partial charge in [-0.3, -0.25) is 10.1 Å². The monoisotopic (exact) mass is 265 g/mol. The summed E-state index contributed by atoms with van der Waals surface area (Å²) in [6, 6.07) is 3.95. The second-order valence-electron chi connectivity index (χ2n) is 1.92. The molecule has 0 aliphatic rings. The molecule has 0 aliphatic carbocycles. The smallest absolute Gasteiger partial charge is 0.274 e. The quantitative estimate of drug-likeness (QED) is 0.479. The number of nitro groups is 1. The third-order valence-electron chi connectivity index (χ3n) is 1.08. The lowest BCUT2D eigenvalue weighted by molar-refractivity contribution is -0.385. The van der Waals surface area contributed by atoms with E-state index in [1.807, 2.05) is 22.6 Å². The van der Waals surface area contributed by atoms with E-state index in [0.717, 1.165) is 6.07 Å². The molecule has 0 unspecified atom stereocenters. The highest BCUT2D eigenvalue weighted by molar-refractivity contribution is 14.1. The first-order valence-corrected chi connectivity index (χ1v) is 3.81. The maximum atomic E-state index is 10.2. The number of aromatic hydroxyl groups is 1. The largest absolute Gasteiger partial charge is 0.508 e. The minimum Gasteiger partial charge on any atom is -0.508 e. The zero-order chi connectivity index (χ0) is 8.43. The number of benzene rings is 1. The van der Waals surface area contributed by atoms with Gasteiger partial charge in [0, 0.05) is 9.64 Å². The summed E-state index contributed by atoms with van der Waals surface area (Å²) in [7, 11) is 0. The van der Waals surface area contributed by atoms with Crippen molar-refractivity contribution in [2.75, 3.05) is 0 Å². The standard InChI is InChI=1S/C6H4INO3/c7-4-1-5(8(10)11)3-6(9)2-4/h1-3,9H. The normalized spacial score (nSPS) is 9.55. The number of hydrogen-bond donors (Lipinski definition) is 1. The van der Waals surface area contributed by atoms with E-state index in [2.05, 4.69) is 0 Å². The highest BCUT2D eigenvalue weighted by Gasteiger charge is 2.06. The third-order valence-corrected chi connectivity index (χ3v) is 1.70. The van der Waals surface area contributed by atoms with Gasteiger partial charge in [-0.15, -0.1) is 0 Å². The minimum absolute atomic E-state index is 0.0800. The zero-order valence-corrected chi connectivity index (χ0v) is 7.48. The van der Waals surface area contributed by atoms with E-state index in [1.165, 1.54) is 12.1 Å². The predicted molar refractivity (Wildman–Crippen MR) is 47.5 cm³/mol. The van der Waals surface area contributed by atoms with Gasteiger partial charge in [0.25, 0.3) is 5.69 Å². The number of nitro benzene ring substituents is 1. The molecule has 0 amide bonds. The number of hydrogen-bond acceptors (Lipinski definition) is 3. The Morgan fingerprint density at radius 3 is 2.55 bits per heavy atom. The van der Waals surface area contributed by atoms with Gasteiger partial charge in [-0.1, -0.05) is 0 Å². The van der Waals surface area contributed by atoms with Crippen LogP contribution in [0.2, 0.25) is 0 Å². The van der Waals surface area contributed by atoms with Crippen LogP contribution >= 0.6 is 22.6 Å². The van der Waals surface area contributed by atoms with Gasteiger partial charge in [0.1, 0.15) is 5.75 Å². The van der Waals surface area contributed by atoms with Gasteiger partial charge in [0.05, 0.1) is 11.0 Å². The van der Waals surface area contributed by atoms with E-state index in [1.54, 1.807) is 0 Å². The molecule has 1 rings (SSSR count). The Morgan fingerprint density at radius 2 is 2.09 bits per heavy atom. The Balaban J connectivity index is 3.19. The molecule has 0 saturated carbocycles. The van der Waals surface area contributed by atoms with E-state index >= 15 is 0 Å². The molecular weight excluding hydrogens is 261 g/mol. The molecule has 1 aromatic carbocycles. The van der Waals surface area contributed by atoms with Crippen molar-refractivity contribution in [3.8, 4) is 5.75 Å². The molecular formula is C6H4INO3. The van der Waals surface area contributed by atoms with Gasteiger partial charge in [-0.2, -0.15) is 0 Å². The summed E-state index contributed by atoms with van der Waals surface area (Å²) in [5.74, 6) is -0.0800. The second-order valence-corrected chi connectivity index (χ2v) is 3.17. The Hall–Kier alpha value is -0.850. The molecule has 0 bridgehead atoms.